The summed E-state index contributed by atoms with van der Waals surface area (Å²) in [5.74, 6) is 4.19. The monoisotopic (exact) mass is 1470 g/mol. The van der Waals surface area contributed by atoms with Gasteiger partial charge in [-0.1, -0.05) is 285 Å². The third-order valence-corrected chi connectivity index (χ3v) is 22.8. The number of nitrogens with one attached hydrogen (secondary N) is 1. The molecule has 112 heavy (non-hydrogen) atoms. The quantitative estimate of drug-likeness (QED) is 0.0818. The second-order valence-corrected chi connectivity index (χ2v) is 29.6. The van der Waals surface area contributed by atoms with Crippen LogP contribution in [0, 0.1) is 5.41 Å². The van der Waals surface area contributed by atoms with Crippen LogP contribution in [0.5, 0.6) is 0 Å². The van der Waals surface area contributed by atoms with Gasteiger partial charge in [-0.15, -0.1) is 22.7 Å². The minimum Gasteiger partial charge on any atom is -0.455 e. The lowest BCUT2D eigenvalue weighted by Gasteiger charge is -2.10. The Kier molecular flexibility index (Phi) is 16.1. The van der Waals surface area contributed by atoms with Crippen LogP contribution >= 0.6 is 22.7 Å². The van der Waals surface area contributed by atoms with Crippen LogP contribution in [0.3, 0.4) is 0 Å². The summed E-state index contributed by atoms with van der Waals surface area (Å²) in [5.41, 5.74) is 19.9. The average Bonchev–Trinajstić information content (AvgIpc) is 1.56. The number of furan rings is 2. The van der Waals surface area contributed by atoms with Crippen LogP contribution < -0.4 is 0 Å². The molecule has 0 fully saturated rings. The maximum atomic E-state index is 9.79. The first-order chi connectivity index (χ1) is 55.4. The van der Waals surface area contributed by atoms with Gasteiger partial charge in [0.1, 0.15) is 22.3 Å². The van der Waals surface area contributed by atoms with Gasteiger partial charge in [0.25, 0.3) is 0 Å². The van der Waals surface area contributed by atoms with Gasteiger partial charge < -0.3 is 8.83 Å². The second-order valence-electron chi connectivity index (χ2n) is 27.5. The number of aromatic nitrogens is 8. The summed E-state index contributed by atoms with van der Waals surface area (Å²) in [5, 5.41) is 15.8. The zero-order valence-electron chi connectivity index (χ0n) is 59.6. The Morgan fingerprint density at radius 2 is 0.786 bits per heavy atom. The van der Waals surface area contributed by atoms with Crippen molar-refractivity contribution in [3.63, 3.8) is 0 Å². The number of amidine groups is 1. The van der Waals surface area contributed by atoms with Crippen molar-refractivity contribution in [2.75, 3.05) is 0 Å². The van der Waals surface area contributed by atoms with E-state index in [1.54, 1.807) is 22.7 Å². The molecule has 524 valence electrons. The Bertz CT molecular complexity index is 7180. The Labute approximate surface area is 649 Å². The molecule has 12 nitrogen and oxygen atoms in total. The molecule has 0 saturated carbocycles. The molecule has 0 aliphatic heterocycles. The van der Waals surface area contributed by atoms with E-state index in [0.717, 1.165) is 157 Å². The van der Waals surface area contributed by atoms with E-state index in [0.29, 0.717) is 63.2 Å². The fraction of sp³-hybridized carbons (Fsp3) is 0. The Morgan fingerprint density at radius 3 is 1.44 bits per heavy atom. The van der Waals surface area contributed by atoms with Gasteiger partial charge in [0.05, 0.1) is 32.1 Å². The Hall–Kier alpha value is -14.7. The molecule has 0 saturated heterocycles. The van der Waals surface area contributed by atoms with Gasteiger partial charge in [0.2, 0.25) is 0 Å². The van der Waals surface area contributed by atoms with Crippen LogP contribution in [0.15, 0.2) is 360 Å². The first-order valence-corrected chi connectivity index (χ1v) is 38.4. The molecule has 14 heteroatoms. The minimum atomic E-state index is 0.140. The lowest BCUT2D eigenvalue weighted by molar-refractivity contribution is 0.669. The number of aliphatic imine (C=N–C) groups is 1. The summed E-state index contributed by atoms with van der Waals surface area (Å²) in [6, 6.07) is 118. The number of rotatable bonds is 14. The molecular weight excluding hydrogens is 1410 g/mol. The largest absolute Gasteiger partial charge is 0.455 e. The van der Waals surface area contributed by atoms with Gasteiger partial charge in [0.15, 0.2) is 46.6 Å². The summed E-state index contributed by atoms with van der Waals surface area (Å²) in [6.45, 7) is 0. The molecule has 0 spiro atoms. The molecule has 0 unspecified atom stereocenters. The van der Waals surface area contributed by atoms with Crippen molar-refractivity contribution in [2.24, 2.45) is 4.99 Å². The van der Waals surface area contributed by atoms with Gasteiger partial charge in [-0.25, -0.2) is 44.9 Å². The molecule has 0 bridgehead atoms. The predicted octanol–water partition coefficient (Wildman–Crippen LogP) is 25.4. The number of hydrogen-bond donors (Lipinski definition) is 1. The minimum absolute atomic E-state index is 0.140. The van der Waals surface area contributed by atoms with Crippen LogP contribution in [0.2, 0.25) is 0 Å². The van der Waals surface area contributed by atoms with Crippen molar-refractivity contribution in [2.45, 2.75) is 0 Å². The van der Waals surface area contributed by atoms with Crippen molar-refractivity contribution < 1.29 is 8.83 Å². The van der Waals surface area contributed by atoms with E-state index in [1.807, 2.05) is 170 Å². The predicted molar refractivity (Wildman–Crippen MR) is 457 cm³/mol. The maximum absolute atomic E-state index is 9.79. The smallest absolute Gasteiger partial charge is 0.167 e. The first kappa shape index (κ1) is 65.6. The van der Waals surface area contributed by atoms with Crippen LogP contribution in [-0.2, 0) is 0 Å². The van der Waals surface area contributed by atoms with Crippen molar-refractivity contribution in [3.05, 3.63) is 362 Å². The molecule has 0 aliphatic rings. The van der Waals surface area contributed by atoms with Gasteiger partial charge in [-0.05, 0) is 93.9 Å². The fourth-order valence-electron chi connectivity index (χ4n) is 15.1. The van der Waals surface area contributed by atoms with E-state index in [-0.39, 0.29) is 5.84 Å². The van der Waals surface area contributed by atoms with E-state index in [2.05, 4.69) is 176 Å². The van der Waals surface area contributed by atoms with Crippen LogP contribution in [0.4, 0.5) is 0 Å². The molecule has 21 rings (SSSR count). The molecule has 1 N–H and O–H groups in total. The highest BCUT2D eigenvalue weighted by Gasteiger charge is 2.25. The zero-order chi connectivity index (χ0) is 74.2. The second kappa shape index (κ2) is 27.5. The summed E-state index contributed by atoms with van der Waals surface area (Å²) < 4.78 is 17.0. The molecule has 7 aromatic heterocycles. The van der Waals surface area contributed by atoms with E-state index in [1.165, 1.54) is 0 Å². The van der Waals surface area contributed by atoms with Crippen molar-refractivity contribution in [3.8, 4) is 124 Å². The third-order valence-electron chi connectivity index (χ3n) is 20.5. The fourth-order valence-corrected chi connectivity index (χ4v) is 17.3. The lowest BCUT2D eigenvalue weighted by atomic mass is 9.96. The van der Waals surface area contributed by atoms with E-state index >= 15 is 0 Å². The number of para-hydroxylation sites is 2. The van der Waals surface area contributed by atoms with E-state index < -0.39 is 0 Å². The number of thiophene rings is 2. The molecule has 0 radical (unpaired) electrons. The van der Waals surface area contributed by atoms with Crippen molar-refractivity contribution >= 4 is 108 Å². The van der Waals surface area contributed by atoms with Crippen molar-refractivity contribution in [1.29, 1.82) is 5.41 Å². The van der Waals surface area contributed by atoms with Gasteiger partial charge in [-0.3, -0.25) is 5.41 Å². The highest BCUT2D eigenvalue weighted by Crippen LogP contribution is 2.46. The number of benzene rings is 14. The summed E-state index contributed by atoms with van der Waals surface area (Å²) >= 11 is 3.36. The summed E-state index contributed by atoms with van der Waals surface area (Å²) in [4.78, 5) is 47.2. The number of fused-ring (bicyclic) bond motifs is 10. The molecule has 0 atom stereocenters. The standard InChI is InChI=1S/C98H58N10O2S2/c99-91(100-85(83-57-68-33-16-17-44-81(68)111-83)69-36-19-35-67(54-69)73-39-20-40-75-74-51-49-71(56-80(74)110-88(73)75)97-105-93(61-25-8-2-9-26-61)103-94(106-97)62-27-10-3-11-28-62)59-47-45-58(46-48-59)65-50-52-82-78(55-65)87-90(112-82)86(101-92(102-87)60-23-6-1-7-24-60)70-37-18-34-66(53-70)72-38-22-43-79-84(72)76-41-21-42-77(89(76)109-79)98-107-95(63-29-12-4-13-30-63)104-96(108-98)64-31-14-5-15-32-64/h1-57,99H. The zero-order valence-corrected chi connectivity index (χ0v) is 61.2. The molecule has 0 amide bonds. The topological polar surface area (TPSA) is 166 Å². The van der Waals surface area contributed by atoms with Gasteiger partial charge in [-0.2, -0.15) is 0 Å². The highest BCUT2D eigenvalue weighted by atomic mass is 32.1. The van der Waals surface area contributed by atoms with E-state index in [4.69, 9.17) is 53.7 Å². The molecule has 14 aromatic carbocycles. The normalized spacial score (nSPS) is 11.8. The molecule has 21 aromatic rings. The maximum Gasteiger partial charge on any atom is 0.167 e. The summed E-state index contributed by atoms with van der Waals surface area (Å²) in [6.07, 6.45) is 0. The van der Waals surface area contributed by atoms with Gasteiger partial charge in [0, 0.05) is 92.0 Å². The lowest BCUT2D eigenvalue weighted by Crippen LogP contribution is -2.06. The van der Waals surface area contributed by atoms with E-state index in [9.17, 15) is 5.41 Å². The Balaban J connectivity index is 0.608. The van der Waals surface area contributed by atoms with Gasteiger partial charge >= 0.3 is 0 Å². The van der Waals surface area contributed by atoms with Crippen molar-refractivity contribution in [1.82, 2.24) is 39.9 Å². The number of hydrogen-bond acceptors (Lipinski definition) is 13. The molecule has 0 aliphatic carbocycles. The van der Waals surface area contributed by atoms with Crippen LogP contribution in [0.1, 0.15) is 16.0 Å². The number of nitrogens with zero attached hydrogens (tertiary/aromatic N) is 9. The van der Waals surface area contributed by atoms with Crippen LogP contribution in [-0.4, -0.2) is 51.4 Å². The Morgan fingerprint density at radius 1 is 0.286 bits per heavy atom. The molecular formula is C98H58N10O2S2. The summed E-state index contributed by atoms with van der Waals surface area (Å²) in [7, 11) is 0. The first-order valence-electron chi connectivity index (χ1n) is 36.8. The highest BCUT2D eigenvalue weighted by molar-refractivity contribution is 7.26. The SMILES string of the molecule is N=C(N=C(c1cccc(-c2cccc3c2oc2cc(-c4nc(-c5ccccc5)nc(-c5ccccc5)n4)ccc23)c1)c1cc2ccccc2s1)c1ccc(-c2ccc3sc4c(-c5cccc(-c6cccc7oc8c(-c9nc(-c%10ccccc%10)nc(-c%10ccccc%10)n9)cccc8c67)c5)nc(-c5ccccc5)nc4c3c2)cc1. The third kappa shape index (κ3) is 12.0. The van der Waals surface area contributed by atoms with Crippen LogP contribution in [0.25, 0.3) is 199 Å². The average molecular weight is 1470 g/mol. The molecule has 7 heterocycles.